The van der Waals surface area contributed by atoms with Crippen molar-refractivity contribution >= 4 is 11.7 Å². The van der Waals surface area contributed by atoms with E-state index in [0.29, 0.717) is 18.9 Å². The average molecular weight is 456 g/mol. The van der Waals surface area contributed by atoms with Crippen molar-refractivity contribution in [1.82, 2.24) is 0 Å². The molecular formula is C27H31F2NO3. The Morgan fingerprint density at radius 1 is 1.12 bits per heavy atom. The molecule has 2 fully saturated rings. The number of fused-ring (bicyclic) bond motifs is 2. The number of methoxy groups -OCH3 is 1. The summed E-state index contributed by atoms with van der Waals surface area (Å²) in [6, 6.07) is 13.2. The molecule has 6 heteroatoms. The Morgan fingerprint density at radius 3 is 2.52 bits per heavy atom. The molecule has 2 aromatic carbocycles. The molecule has 2 aromatic rings. The van der Waals surface area contributed by atoms with Gasteiger partial charge in [0.25, 0.3) is 0 Å². The molecule has 4 rings (SSSR count). The molecule has 2 aliphatic rings. The molecule has 1 N–H and O–H groups in total. The highest BCUT2D eigenvalue weighted by atomic mass is 19.1. The molecule has 0 amide bonds. The molecule has 0 aromatic heterocycles. The maximum absolute atomic E-state index is 13.6. The number of nitrogens with one attached hydrogen (secondary N) is 1. The first-order valence-corrected chi connectivity index (χ1v) is 11.6. The summed E-state index contributed by atoms with van der Waals surface area (Å²) in [5, 5.41) is 3.45. The summed E-state index contributed by atoms with van der Waals surface area (Å²) in [5.41, 5.74) is 1.86. The maximum atomic E-state index is 13.6. The van der Waals surface area contributed by atoms with Crippen LogP contribution in [0.2, 0.25) is 0 Å². The zero-order valence-electron chi connectivity index (χ0n) is 18.9. The predicted octanol–water partition coefficient (Wildman–Crippen LogP) is 5.64. The largest absolute Gasteiger partial charge is 0.469 e. The standard InChI is InChI=1S/C27H31F2NO3/c1-32-26(31)7-5-3-2-4-6-24-23(17-30-22-14-12-21(29)13-15-22)25-16-27(24,18-33-25)19-8-10-20(28)11-9-19/h2,4,8-15,23-25,30H,3,5-7,16-18H2,1H3/b4-2-/t23-,24-,25-,27-/m0/s1. The van der Waals surface area contributed by atoms with Crippen molar-refractivity contribution in [1.29, 1.82) is 0 Å². The minimum absolute atomic E-state index is 0.126. The van der Waals surface area contributed by atoms with E-state index in [4.69, 9.17) is 9.47 Å². The number of allylic oxidation sites excluding steroid dienone is 2. The van der Waals surface area contributed by atoms with Gasteiger partial charge in [0.05, 0.1) is 19.8 Å². The van der Waals surface area contributed by atoms with Crippen molar-refractivity contribution in [2.75, 3.05) is 25.6 Å². The second kappa shape index (κ2) is 10.5. The van der Waals surface area contributed by atoms with Crippen LogP contribution in [0.4, 0.5) is 14.5 Å². The SMILES string of the molecule is COC(=O)CCC/C=C\C[C@H]1[C@H](CNc2ccc(F)cc2)[C@@H]2C[C@@]1(c1ccc(F)cc1)CO2. The molecule has 1 saturated carbocycles. The second-order valence-electron chi connectivity index (χ2n) is 9.05. The van der Waals surface area contributed by atoms with Gasteiger partial charge in [-0.05, 0) is 73.6 Å². The molecule has 0 unspecified atom stereocenters. The monoisotopic (exact) mass is 455 g/mol. The van der Waals surface area contributed by atoms with Gasteiger partial charge in [0.15, 0.2) is 0 Å². The zero-order chi connectivity index (χ0) is 23.3. The minimum Gasteiger partial charge on any atom is -0.469 e. The van der Waals surface area contributed by atoms with E-state index in [2.05, 4.69) is 17.5 Å². The highest BCUT2D eigenvalue weighted by molar-refractivity contribution is 5.69. The van der Waals surface area contributed by atoms with E-state index in [1.165, 1.54) is 31.4 Å². The number of carbonyl (C=O) groups excluding carboxylic acids is 1. The summed E-state index contributed by atoms with van der Waals surface area (Å²) in [4.78, 5) is 11.3. The highest BCUT2D eigenvalue weighted by Gasteiger charge is 2.58. The Labute approximate surface area is 194 Å². The topological polar surface area (TPSA) is 47.6 Å². The van der Waals surface area contributed by atoms with Crippen LogP contribution in [-0.4, -0.2) is 32.3 Å². The van der Waals surface area contributed by atoms with Crippen molar-refractivity contribution < 1.29 is 23.0 Å². The van der Waals surface area contributed by atoms with Gasteiger partial charge in [-0.3, -0.25) is 4.79 Å². The summed E-state index contributed by atoms with van der Waals surface area (Å²) < 4.78 is 37.8. The van der Waals surface area contributed by atoms with Crippen LogP contribution < -0.4 is 5.32 Å². The van der Waals surface area contributed by atoms with Gasteiger partial charge in [-0.2, -0.15) is 0 Å². The molecule has 2 bridgehead atoms. The van der Waals surface area contributed by atoms with E-state index in [-0.39, 0.29) is 35.0 Å². The smallest absolute Gasteiger partial charge is 0.305 e. The van der Waals surface area contributed by atoms with Crippen molar-refractivity contribution in [2.45, 2.75) is 43.6 Å². The van der Waals surface area contributed by atoms with Crippen LogP contribution in [0.15, 0.2) is 60.7 Å². The van der Waals surface area contributed by atoms with Crippen LogP contribution in [0.3, 0.4) is 0 Å². The van der Waals surface area contributed by atoms with Crippen molar-refractivity contribution in [3.05, 3.63) is 77.9 Å². The molecule has 4 atom stereocenters. The summed E-state index contributed by atoms with van der Waals surface area (Å²) in [6.45, 7) is 1.36. The third-order valence-electron chi connectivity index (χ3n) is 7.17. The fourth-order valence-electron chi connectivity index (χ4n) is 5.44. The third kappa shape index (κ3) is 5.27. The summed E-state index contributed by atoms with van der Waals surface area (Å²) >= 11 is 0. The van der Waals surface area contributed by atoms with Crippen LogP contribution in [0.25, 0.3) is 0 Å². The first-order chi connectivity index (χ1) is 16.0. The normalized spacial score (nSPS) is 26.1. The maximum Gasteiger partial charge on any atom is 0.305 e. The van der Waals surface area contributed by atoms with Gasteiger partial charge in [0.1, 0.15) is 11.6 Å². The first kappa shape index (κ1) is 23.4. The number of hydrogen-bond acceptors (Lipinski definition) is 4. The first-order valence-electron chi connectivity index (χ1n) is 11.6. The van der Waals surface area contributed by atoms with Gasteiger partial charge in [-0.15, -0.1) is 0 Å². The van der Waals surface area contributed by atoms with Crippen molar-refractivity contribution in [3.8, 4) is 0 Å². The number of carbonyl (C=O) groups is 1. The molecule has 0 radical (unpaired) electrons. The summed E-state index contributed by atoms with van der Waals surface area (Å²) in [7, 11) is 1.41. The lowest BCUT2D eigenvalue weighted by molar-refractivity contribution is -0.140. The van der Waals surface area contributed by atoms with Gasteiger partial charge < -0.3 is 14.8 Å². The Balaban J connectivity index is 1.48. The number of anilines is 1. The molecule has 1 aliphatic carbocycles. The van der Waals surface area contributed by atoms with E-state index in [9.17, 15) is 13.6 Å². The number of benzene rings is 2. The highest BCUT2D eigenvalue weighted by Crippen LogP contribution is 2.56. The number of unbranched alkanes of at least 4 members (excludes halogenated alkanes) is 1. The van der Waals surface area contributed by atoms with Crippen LogP contribution in [0.5, 0.6) is 0 Å². The van der Waals surface area contributed by atoms with Crippen LogP contribution in [0, 0.1) is 23.5 Å². The molecule has 0 spiro atoms. The van der Waals surface area contributed by atoms with Gasteiger partial charge in [0.2, 0.25) is 0 Å². The van der Waals surface area contributed by atoms with Gasteiger partial charge in [-0.1, -0.05) is 24.3 Å². The zero-order valence-corrected chi connectivity index (χ0v) is 18.9. The fraction of sp³-hybridized carbons (Fsp3) is 0.444. The Kier molecular flexibility index (Phi) is 7.43. The lowest BCUT2D eigenvalue weighted by Gasteiger charge is -2.39. The minimum atomic E-state index is -0.255. The molecule has 33 heavy (non-hydrogen) atoms. The predicted molar refractivity (Wildman–Crippen MR) is 124 cm³/mol. The van der Waals surface area contributed by atoms with Crippen LogP contribution >= 0.6 is 0 Å². The molecule has 1 heterocycles. The third-order valence-corrected chi connectivity index (χ3v) is 7.17. The van der Waals surface area contributed by atoms with E-state index >= 15 is 0 Å². The van der Waals surface area contributed by atoms with E-state index in [0.717, 1.165) is 43.5 Å². The molecule has 1 aliphatic heterocycles. The lowest BCUT2D eigenvalue weighted by atomic mass is 9.69. The number of hydrogen-bond donors (Lipinski definition) is 1. The molecular weight excluding hydrogens is 424 g/mol. The summed E-state index contributed by atoms with van der Waals surface area (Å²) in [6.07, 6.45) is 8.27. The Hall–Kier alpha value is -2.73. The number of ether oxygens (including phenoxy) is 2. The quantitative estimate of drug-likeness (QED) is 0.286. The van der Waals surface area contributed by atoms with Crippen LogP contribution in [0.1, 0.15) is 37.7 Å². The number of esters is 1. The van der Waals surface area contributed by atoms with Crippen molar-refractivity contribution in [2.24, 2.45) is 11.8 Å². The Morgan fingerprint density at radius 2 is 1.82 bits per heavy atom. The van der Waals surface area contributed by atoms with Crippen molar-refractivity contribution in [3.63, 3.8) is 0 Å². The lowest BCUT2D eigenvalue weighted by Crippen LogP contribution is -2.42. The molecule has 176 valence electrons. The Bertz CT molecular complexity index is 960. The number of rotatable bonds is 10. The fourth-order valence-corrected chi connectivity index (χ4v) is 5.44. The van der Waals surface area contributed by atoms with E-state index in [1.54, 1.807) is 12.1 Å². The van der Waals surface area contributed by atoms with E-state index < -0.39 is 0 Å². The van der Waals surface area contributed by atoms with Crippen LogP contribution in [-0.2, 0) is 19.7 Å². The molecule has 4 nitrogen and oxygen atoms in total. The summed E-state index contributed by atoms with van der Waals surface area (Å²) in [5.74, 6) is -0.0783. The second-order valence-corrected chi connectivity index (χ2v) is 9.05. The molecule has 1 saturated heterocycles. The van der Waals surface area contributed by atoms with Gasteiger partial charge in [0, 0.05) is 30.0 Å². The van der Waals surface area contributed by atoms with E-state index in [1.807, 2.05) is 12.1 Å². The number of halogens is 2. The van der Waals surface area contributed by atoms with Gasteiger partial charge >= 0.3 is 5.97 Å². The van der Waals surface area contributed by atoms with Gasteiger partial charge in [-0.25, -0.2) is 8.78 Å². The average Bonchev–Trinajstić information content (AvgIpc) is 3.39.